The van der Waals surface area contributed by atoms with Crippen molar-refractivity contribution < 1.29 is 22.4 Å². The van der Waals surface area contributed by atoms with Gasteiger partial charge in [0.1, 0.15) is 0 Å². The molecule has 1 saturated heterocycles. The first-order chi connectivity index (χ1) is 9.48. The van der Waals surface area contributed by atoms with E-state index in [-0.39, 0.29) is 23.3 Å². The monoisotopic (exact) mass is 338 g/mol. The van der Waals surface area contributed by atoms with Gasteiger partial charge in [0, 0.05) is 13.1 Å². The highest BCUT2D eigenvalue weighted by Gasteiger charge is 2.31. The average molecular weight is 339 g/mol. The molecule has 7 nitrogen and oxygen atoms in total. The van der Waals surface area contributed by atoms with Crippen LogP contribution < -0.4 is 5.73 Å². The number of piperidine rings is 1. The number of furan rings is 1. The summed E-state index contributed by atoms with van der Waals surface area (Å²) in [5.41, 5.74) is 5.58. The second kappa shape index (κ2) is 7.26. The minimum absolute atomic E-state index is 0. The SMILES string of the molecule is COC(=O)c1ccc(S(=O)(=O)N2CCC(CN)CC2)o1.Cl. The van der Waals surface area contributed by atoms with Gasteiger partial charge >= 0.3 is 5.97 Å². The zero-order valence-corrected chi connectivity index (χ0v) is 13.3. The minimum atomic E-state index is -3.70. The highest BCUT2D eigenvalue weighted by molar-refractivity contribution is 7.89. The van der Waals surface area contributed by atoms with E-state index < -0.39 is 16.0 Å². The van der Waals surface area contributed by atoms with Gasteiger partial charge in [-0.15, -0.1) is 12.4 Å². The van der Waals surface area contributed by atoms with Crippen molar-refractivity contribution in [1.29, 1.82) is 0 Å². The maximum Gasteiger partial charge on any atom is 0.374 e. The zero-order chi connectivity index (χ0) is 14.8. The van der Waals surface area contributed by atoms with Crippen molar-refractivity contribution in [2.75, 3.05) is 26.7 Å². The molecule has 0 saturated carbocycles. The number of nitrogens with zero attached hydrogens (tertiary/aromatic N) is 1. The summed E-state index contributed by atoms with van der Waals surface area (Å²) in [6.45, 7) is 1.40. The first kappa shape index (κ1) is 18.0. The second-order valence-electron chi connectivity index (χ2n) is 4.69. The third-order valence-electron chi connectivity index (χ3n) is 3.47. The summed E-state index contributed by atoms with van der Waals surface area (Å²) < 4.78 is 35.6. The largest absolute Gasteiger partial charge is 0.463 e. The van der Waals surface area contributed by atoms with Crippen molar-refractivity contribution in [1.82, 2.24) is 4.31 Å². The van der Waals surface area contributed by atoms with Crippen LogP contribution in [0.15, 0.2) is 21.6 Å². The van der Waals surface area contributed by atoms with Crippen LogP contribution in [0.4, 0.5) is 0 Å². The summed E-state index contributed by atoms with van der Waals surface area (Å²) in [7, 11) is -2.49. The van der Waals surface area contributed by atoms with Gasteiger partial charge in [-0.1, -0.05) is 0 Å². The van der Waals surface area contributed by atoms with Crippen LogP contribution in [0.2, 0.25) is 0 Å². The van der Waals surface area contributed by atoms with Gasteiger partial charge in [-0.25, -0.2) is 13.2 Å². The van der Waals surface area contributed by atoms with Gasteiger partial charge < -0.3 is 14.9 Å². The third kappa shape index (κ3) is 3.76. The maximum atomic E-state index is 12.4. The Hall–Kier alpha value is -1.09. The molecule has 0 unspecified atom stereocenters. The molecule has 0 atom stereocenters. The molecule has 120 valence electrons. The molecule has 21 heavy (non-hydrogen) atoms. The summed E-state index contributed by atoms with van der Waals surface area (Å²) in [5.74, 6) is -0.458. The predicted molar refractivity (Wildman–Crippen MR) is 77.8 cm³/mol. The Morgan fingerprint density at radius 1 is 1.43 bits per heavy atom. The molecule has 9 heteroatoms. The molecule has 0 aromatic carbocycles. The van der Waals surface area contributed by atoms with Gasteiger partial charge in [-0.3, -0.25) is 0 Å². The number of halogens is 1. The Kier molecular flexibility index (Phi) is 6.21. The number of rotatable bonds is 4. The third-order valence-corrected chi connectivity index (χ3v) is 5.24. The van der Waals surface area contributed by atoms with Crippen LogP contribution in [0.5, 0.6) is 0 Å². The van der Waals surface area contributed by atoms with Gasteiger partial charge in [0.05, 0.1) is 7.11 Å². The van der Waals surface area contributed by atoms with Gasteiger partial charge in [0.25, 0.3) is 10.0 Å². The Bertz CT molecular complexity index is 578. The van der Waals surface area contributed by atoms with Gasteiger partial charge in [0.15, 0.2) is 0 Å². The summed E-state index contributed by atoms with van der Waals surface area (Å²) in [6, 6.07) is 2.57. The Balaban J connectivity index is 0.00000220. The van der Waals surface area contributed by atoms with Crippen LogP contribution >= 0.6 is 12.4 Å². The molecule has 0 bridgehead atoms. The fraction of sp³-hybridized carbons (Fsp3) is 0.583. The number of ether oxygens (including phenoxy) is 1. The molecule has 2 heterocycles. The lowest BCUT2D eigenvalue weighted by atomic mass is 9.99. The molecular formula is C12H19ClN2O5S. The first-order valence-corrected chi connectivity index (χ1v) is 7.81. The van der Waals surface area contributed by atoms with Crippen molar-refractivity contribution >= 4 is 28.4 Å². The van der Waals surface area contributed by atoms with E-state index in [9.17, 15) is 13.2 Å². The van der Waals surface area contributed by atoms with Crippen molar-refractivity contribution in [2.24, 2.45) is 11.7 Å². The van der Waals surface area contributed by atoms with Crippen molar-refractivity contribution in [3.05, 3.63) is 17.9 Å². The van der Waals surface area contributed by atoms with Crippen LogP contribution in [-0.2, 0) is 14.8 Å². The minimum Gasteiger partial charge on any atom is -0.463 e. The number of hydrogen-bond donors (Lipinski definition) is 1. The van der Waals surface area contributed by atoms with E-state index in [1.165, 1.54) is 23.5 Å². The fourth-order valence-corrected chi connectivity index (χ4v) is 3.56. The highest BCUT2D eigenvalue weighted by Crippen LogP contribution is 2.24. The first-order valence-electron chi connectivity index (χ1n) is 6.37. The predicted octanol–water partition coefficient (Wildman–Crippen LogP) is 0.847. The molecule has 1 fully saturated rings. The summed E-state index contributed by atoms with van der Waals surface area (Å²) >= 11 is 0. The van der Waals surface area contributed by atoms with Crippen molar-refractivity contribution in [2.45, 2.75) is 17.9 Å². The number of carbonyl (C=O) groups is 1. The zero-order valence-electron chi connectivity index (χ0n) is 11.6. The molecule has 1 aliphatic heterocycles. The maximum absolute atomic E-state index is 12.4. The number of hydrogen-bond acceptors (Lipinski definition) is 6. The Morgan fingerprint density at radius 2 is 2.05 bits per heavy atom. The lowest BCUT2D eigenvalue weighted by Crippen LogP contribution is -2.39. The topological polar surface area (TPSA) is 103 Å². The van der Waals surface area contributed by atoms with Crippen molar-refractivity contribution in [3.8, 4) is 0 Å². The lowest BCUT2D eigenvalue weighted by Gasteiger charge is -2.29. The average Bonchev–Trinajstić information content (AvgIpc) is 2.97. The quantitative estimate of drug-likeness (QED) is 0.816. The Labute approximate surface area is 129 Å². The van der Waals surface area contributed by atoms with Gasteiger partial charge in [-0.2, -0.15) is 4.31 Å². The van der Waals surface area contributed by atoms with E-state index in [2.05, 4.69) is 4.74 Å². The van der Waals surface area contributed by atoms with Crippen LogP contribution in [-0.4, -0.2) is 45.4 Å². The van der Waals surface area contributed by atoms with E-state index in [1.54, 1.807) is 0 Å². The van der Waals surface area contributed by atoms with E-state index in [0.717, 1.165) is 12.8 Å². The fourth-order valence-electron chi connectivity index (χ4n) is 2.18. The number of sulfonamides is 1. The standard InChI is InChI=1S/C12H18N2O5S.ClH/c1-18-12(15)10-2-3-11(19-10)20(16,17)14-6-4-9(8-13)5-7-14;/h2-3,9H,4-8,13H2,1H3;1H. The summed E-state index contributed by atoms with van der Waals surface area (Å²) in [5, 5.41) is -0.232. The molecule has 0 aliphatic carbocycles. The number of carbonyl (C=O) groups excluding carboxylic acids is 1. The second-order valence-corrected chi connectivity index (χ2v) is 6.56. The van der Waals surface area contributed by atoms with Crippen LogP contribution in [0.1, 0.15) is 23.4 Å². The van der Waals surface area contributed by atoms with E-state index in [1.807, 2.05) is 0 Å². The molecule has 0 spiro atoms. The van der Waals surface area contributed by atoms with Crippen LogP contribution in [0.3, 0.4) is 0 Å². The highest BCUT2D eigenvalue weighted by atomic mass is 35.5. The number of methoxy groups -OCH3 is 1. The normalized spacial score (nSPS) is 17.2. The van der Waals surface area contributed by atoms with E-state index in [0.29, 0.717) is 25.6 Å². The molecular weight excluding hydrogens is 320 g/mol. The number of esters is 1. The summed E-state index contributed by atoms with van der Waals surface area (Å²) in [4.78, 5) is 11.3. The smallest absolute Gasteiger partial charge is 0.374 e. The Morgan fingerprint density at radius 3 is 2.57 bits per heavy atom. The summed E-state index contributed by atoms with van der Waals surface area (Å²) in [6.07, 6.45) is 1.47. The van der Waals surface area contributed by atoms with Gasteiger partial charge in [0.2, 0.25) is 10.9 Å². The van der Waals surface area contributed by atoms with Gasteiger partial charge in [-0.05, 0) is 37.4 Å². The molecule has 2 N–H and O–H groups in total. The molecule has 1 aliphatic rings. The van der Waals surface area contributed by atoms with E-state index in [4.69, 9.17) is 10.2 Å². The van der Waals surface area contributed by atoms with Crippen molar-refractivity contribution in [3.63, 3.8) is 0 Å². The molecule has 2 rings (SSSR count). The molecule has 1 aromatic rings. The number of nitrogens with two attached hydrogens (primary N) is 1. The van der Waals surface area contributed by atoms with Crippen LogP contribution in [0, 0.1) is 5.92 Å². The van der Waals surface area contributed by atoms with Crippen LogP contribution in [0.25, 0.3) is 0 Å². The van der Waals surface area contributed by atoms with E-state index >= 15 is 0 Å². The molecule has 0 radical (unpaired) electrons. The molecule has 1 aromatic heterocycles. The lowest BCUT2D eigenvalue weighted by molar-refractivity contribution is 0.0558. The molecule has 0 amide bonds.